The first-order chi connectivity index (χ1) is 10.0. The standard InChI is InChI=1S/C9H11NO.C6H12FN.C2H6.CH4/c1-10(2)9(11)8-6-4-3-5-7-8;1-8-4-2-3-6(7)5-8;1-2;/h3-7H,1-2H3;6H,2-5H2,1H3;1-2H3;1H4. The van der Waals surface area contributed by atoms with Gasteiger partial charge in [-0.3, -0.25) is 4.79 Å². The summed E-state index contributed by atoms with van der Waals surface area (Å²) < 4.78 is 12.4. The van der Waals surface area contributed by atoms with Gasteiger partial charge in [0, 0.05) is 26.2 Å². The summed E-state index contributed by atoms with van der Waals surface area (Å²) in [4.78, 5) is 14.9. The summed E-state index contributed by atoms with van der Waals surface area (Å²) in [5.74, 6) is 0.0469. The minimum Gasteiger partial charge on any atom is -0.345 e. The highest BCUT2D eigenvalue weighted by Crippen LogP contribution is 2.09. The van der Waals surface area contributed by atoms with Crippen molar-refractivity contribution in [2.75, 3.05) is 34.2 Å². The predicted molar refractivity (Wildman–Crippen MR) is 94.2 cm³/mol. The minimum absolute atomic E-state index is 0. The SMILES string of the molecule is C.CC.CN(C)C(=O)c1ccccc1.CN1CCCC(F)C1. The van der Waals surface area contributed by atoms with E-state index >= 15 is 0 Å². The van der Waals surface area contributed by atoms with E-state index < -0.39 is 6.17 Å². The van der Waals surface area contributed by atoms with Gasteiger partial charge in [-0.05, 0) is 38.6 Å². The van der Waals surface area contributed by atoms with Crippen molar-refractivity contribution in [3.8, 4) is 0 Å². The van der Waals surface area contributed by atoms with Gasteiger partial charge in [-0.1, -0.05) is 39.5 Å². The smallest absolute Gasteiger partial charge is 0.253 e. The van der Waals surface area contributed by atoms with Crippen LogP contribution in [0.3, 0.4) is 0 Å². The van der Waals surface area contributed by atoms with Crippen molar-refractivity contribution in [1.29, 1.82) is 0 Å². The molecule has 1 amide bonds. The van der Waals surface area contributed by atoms with E-state index in [0.717, 1.165) is 24.9 Å². The molecule has 0 bridgehead atoms. The van der Waals surface area contributed by atoms with Crippen LogP contribution in [0, 0.1) is 0 Å². The number of rotatable bonds is 1. The second-order valence-electron chi connectivity index (χ2n) is 5.07. The maximum absolute atomic E-state index is 12.4. The Kier molecular flexibility index (Phi) is 13.8. The monoisotopic (exact) mass is 312 g/mol. The second kappa shape index (κ2) is 13.3. The third kappa shape index (κ3) is 9.50. The molecule has 1 unspecified atom stereocenters. The number of hydrogen-bond acceptors (Lipinski definition) is 2. The van der Waals surface area contributed by atoms with Crippen LogP contribution in [-0.4, -0.2) is 56.1 Å². The highest BCUT2D eigenvalue weighted by Gasteiger charge is 2.14. The fourth-order valence-corrected chi connectivity index (χ4v) is 1.94. The lowest BCUT2D eigenvalue weighted by Gasteiger charge is -2.24. The van der Waals surface area contributed by atoms with E-state index in [1.807, 2.05) is 56.1 Å². The van der Waals surface area contributed by atoms with Gasteiger partial charge in [-0.2, -0.15) is 0 Å². The van der Waals surface area contributed by atoms with Gasteiger partial charge in [-0.25, -0.2) is 4.39 Å². The van der Waals surface area contributed by atoms with Gasteiger partial charge in [0.05, 0.1) is 0 Å². The average Bonchev–Trinajstić information content (AvgIpc) is 2.50. The lowest BCUT2D eigenvalue weighted by atomic mass is 10.1. The van der Waals surface area contributed by atoms with Gasteiger partial charge in [0.25, 0.3) is 5.91 Å². The molecule has 0 N–H and O–H groups in total. The molecule has 1 aromatic rings. The summed E-state index contributed by atoms with van der Waals surface area (Å²) >= 11 is 0. The maximum atomic E-state index is 12.4. The van der Waals surface area contributed by atoms with Crippen molar-refractivity contribution < 1.29 is 9.18 Å². The van der Waals surface area contributed by atoms with Gasteiger partial charge >= 0.3 is 0 Å². The second-order valence-corrected chi connectivity index (χ2v) is 5.07. The molecule has 0 spiro atoms. The maximum Gasteiger partial charge on any atom is 0.253 e. The van der Waals surface area contributed by atoms with Crippen LogP contribution in [0.4, 0.5) is 4.39 Å². The molecule has 1 fully saturated rings. The van der Waals surface area contributed by atoms with Crippen molar-refractivity contribution in [3.05, 3.63) is 35.9 Å². The molecule has 2 rings (SSSR count). The van der Waals surface area contributed by atoms with Crippen LogP contribution in [0.1, 0.15) is 44.5 Å². The van der Waals surface area contributed by atoms with E-state index in [4.69, 9.17) is 0 Å². The molecule has 1 aromatic carbocycles. The Morgan fingerprint density at radius 1 is 1.23 bits per heavy atom. The molecule has 128 valence electrons. The number of carbonyl (C=O) groups excluding carboxylic acids is 1. The zero-order valence-electron chi connectivity index (χ0n) is 14.0. The van der Waals surface area contributed by atoms with Crippen LogP contribution < -0.4 is 0 Å². The van der Waals surface area contributed by atoms with Gasteiger partial charge in [0.2, 0.25) is 0 Å². The Hall–Kier alpha value is -1.42. The van der Waals surface area contributed by atoms with Crippen LogP contribution in [0.5, 0.6) is 0 Å². The highest BCUT2D eigenvalue weighted by atomic mass is 19.1. The molecule has 1 atom stereocenters. The van der Waals surface area contributed by atoms with Crippen molar-refractivity contribution in [2.24, 2.45) is 0 Å². The first kappa shape index (κ1) is 22.9. The number of benzene rings is 1. The van der Waals surface area contributed by atoms with E-state index in [9.17, 15) is 9.18 Å². The fourth-order valence-electron chi connectivity index (χ4n) is 1.94. The molecule has 22 heavy (non-hydrogen) atoms. The topological polar surface area (TPSA) is 23.6 Å². The van der Waals surface area contributed by atoms with E-state index in [2.05, 4.69) is 0 Å². The third-order valence-electron chi connectivity index (χ3n) is 2.99. The summed E-state index contributed by atoms with van der Waals surface area (Å²) in [7, 11) is 5.45. The number of piperidine rings is 1. The van der Waals surface area contributed by atoms with Crippen molar-refractivity contribution in [1.82, 2.24) is 9.80 Å². The number of alkyl halides is 1. The predicted octanol–water partition coefficient (Wildman–Crippen LogP) is 4.10. The summed E-state index contributed by atoms with van der Waals surface area (Å²) in [6.07, 6.45) is 1.23. The van der Waals surface area contributed by atoms with Crippen LogP contribution in [0.25, 0.3) is 0 Å². The molecule has 0 saturated carbocycles. The van der Waals surface area contributed by atoms with Crippen LogP contribution >= 0.6 is 0 Å². The van der Waals surface area contributed by atoms with E-state index in [0.29, 0.717) is 6.54 Å². The van der Waals surface area contributed by atoms with Crippen LogP contribution in [0.2, 0.25) is 0 Å². The molecule has 0 aliphatic carbocycles. The summed E-state index contributed by atoms with van der Waals surface area (Å²) in [5, 5.41) is 0. The molecule has 1 heterocycles. The van der Waals surface area contributed by atoms with Crippen LogP contribution in [0.15, 0.2) is 30.3 Å². The zero-order valence-corrected chi connectivity index (χ0v) is 14.0. The van der Waals surface area contributed by atoms with Crippen molar-refractivity contribution in [2.45, 2.75) is 40.3 Å². The lowest BCUT2D eigenvalue weighted by Crippen LogP contribution is -2.32. The van der Waals surface area contributed by atoms with E-state index in [-0.39, 0.29) is 13.3 Å². The summed E-state index contributed by atoms with van der Waals surface area (Å²) in [6.45, 7) is 5.71. The highest BCUT2D eigenvalue weighted by molar-refractivity contribution is 5.93. The molecular formula is C18H33FN2O. The quantitative estimate of drug-likeness (QED) is 0.779. The number of nitrogens with zero attached hydrogens (tertiary/aromatic N) is 2. The lowest BCUT2D eigenvalue weighted by molar-refractivity contribution is 0.0827. The molecule has 0 aromatic heterocycles. The number of carbonyl (C=O) groups is 1. The molecular weight excluding hydrogens is 279 g/mol. The molecule has 0 radical (unpaired) electrons. The first-order valence-corrected chi connectivity index (χ1v) is 7.60. The first-order valence-electron chi connectivity index (χ1n) is 7.60. The van der Waals surface area contributed by atoms with Gasteiger partial charge in [0.15, 0.2) is 0 Å². The number of hydrogen-bond donors (Lipinski definition) is 0. The molecule has 3 nitrogen and oxygen atoms in total. The van der Waals surface area contributed by atoms with Gasteiger partial charge in [-0.15, -0.1) is 0 Å². The number of amides is 1. The zero-order chi connectivity index (χ0) is 16.3. The Labute approximate surface area is 136 Å². The Morgan fingerprint density at radius 3 is 2.14 bits per heavy atom. The van der Waals surface area contributed by atoms with E-state index in [1.54, 1.807) is 19.0 Å². The van der Waals surface area contributed by atoms with E-state index in [1.165, 1.54) is 0 Å². The molecule has 4 heteroatoms. The third-order valence-corrected chi connectivity index (χ3v) is 2.99. The number of halogens is 1. The van der Waals surface area contributed by atoms with Crippen molar-refractivity contribution in [3.63, 3.8) is 0 Å². The Bertz CT molecular complexity index is 374. The summed E-state index contributed by atoms with van der Waals surface area (Å²) in [5.41, 5.74) is 0.734. The van der Waals surface area contributed by atoms with Gasteiger partial charge < -0.3 is 9.80 Å². The normalized spacial score (nSPS) is 16.9. The average molecular weight is 312 g/mol. The summed E-state index contributed by atoms with van der Waals surface area (Å²) in [6, 6.07) is 9.23. The number of likely N-dealkylation sites (tertiary alicyclic amines) is 1. The Morgan fingerprint density at radius 2 is 1.77 bits per heavy atom. The van der Waals surface area contributed by atoms with Crippen molar-refractivity contribution >= 4 is 5.91 Å². The molecule has 1 saturated heterocycles. The fraction of sp³-hybridized carbons (Fsp3) is 0.611. The minimum atomic E-state index is -0.561. The van der Waals surface area contributed by atoms with Crippen LogP contribution in [-0.2, 0) is 0 Å². The largest absolute Gasteiger partial charge is 0.345 e. The van der Waals surface area contributed by atoms with Gasteiger partial charge in [0.1, 0.15) is 6.17 Å². The Balaban J connectivity index is 0. The molecule has 1 aliphatic heterocycles. The molecule has 1 aliphatic rings.